The molecule has 2 heterocycles. The van der Waals surface area contributed by atoms with Gasteiger partial charge in [-0.1, -0.05) is 43.0 Å². The Morgan fingerprint density at radius 1 is 0.925 bits per heavy atom. The van der Waals surface area contributed by atoms with E-state index in [0.29, 0.717) is 0 Å². The molecule has 6 rings (SSSR count). The van der Waals surface area contributed by atoms with Gasteiger partial charge in [-0.3, -0.25) is 0 Å². The number of ether oxygens (including phenoxy) is 1. The minimum Gasteiger partial charge on any atom is -0.456 e. The number of aromatic nitrogens is 2. The van der Waals surface area contributed by atoms with Crippen LogP contribution in [0.15, 0.2) is 60.7 Å². The van der Waals surface area contributed by atoms with Gasteiger partial charge >= 0.3 is 0 Å². The SMILES string of the molecule is C=c1ccc2c(c1)Oc1cc(N(C)C)ccc1C=2c1cccc(/C=C/c2nnc(C)c3c2CCC(O)CCC3)c1. The molecule has 0 saturated heterocycles. The predicted octanol–water partition coefficient (Wildman–Crippen LogP) is 5.41. The maximum absolute atomic E-state index is 10.3. The molecule has 0 radical (unpaired) electrons. The lowest BCUT2D eigenvalue weighted by Gasteiger charge is -2.23. The van der Waals surface area contributed by atoms with E-state index in [1.54, 1.807) is 0 Å². The molecule has 1 aliphatic carbocycles. The molecular formula is C35H35N3O2. The molecule has 5 heteroatoms. The van der Waals surface area contributed by atoms with Gasteiger partial charge in [0.15, 0.2) is 0 Å². The zero-order chi connectivity index (χ0) is 27.8. The molecule has 202 valence electrons. The summed E-state index contributed by atoms with van der Waals surface area (Å²) in [5, 5.41) is 21.3. The van der Waals surface area contributed by atoms with Gasteiger partial charge in [-0.25, -0.2) is 0 Å². The van der Waals surface area contributed by atoms with Gasteiger partial charge < -0.3 is 14.7 Å². The number of aliphatic hydroxyl groups is 1. The number of anilines is 1. The van der Waals surface area contributed by atoms with Crippen LogP contribution in [0.4, 0.5) is 5.69 Å². The highest BCUT2D eigenvalue weighted by Crippen LogP contribution is 2.38. The van der Waals surface area contributed by atoms with Crippen molar-refractivity contribution in [2.45, 2.75) is 45.1 Å². The zero-order valence-corrected chi connectivity index (χ0v) is 23.4. The van der Waals surface area contributed by atoms with Crippen LogP contribution in [0.1, 0.15) is 58.5 Å². The molecule has 0 fully saturated rings. The van der Waals surface area contributed by atoms with E-state index in [1.807, 2.05) is 33.2 Å². The third-order valence-electron chi connectivity index (χ3n) is 8.00. The van der Waals surface area contributed by atoms with Crippen molar-refractivity contribution in [1.82, 2.24) is 10.2 Å². The van der Waals surface area contributed by atoms with E-state index in [0.717, 1.165) is 93.4 Å². The Morgan fingerprint density at radius 2 is 1.80 bits per heavy atom. The maximum atomic E-state index is 10.3. The summed E-state index contributed by atoms with van der Waals surface area (Å²) in [6, 6.07) is 21.1. The van der Waals surface area contributed by atoms with E-state index in [2.05, 4.69) is 82.4 Å². The standard InChI is InChI=1S/C35H35N3O2/c1-22-11-15-30-33(19-22)40-34-21-26(38(3)4)13-16-31(34)35(30)25-8-5-7-24(20-25)12-18-32-29-17-14-27(39)9-6-10-28(29)23(2)36-37-32/h5,7-8,11-13,15-16,18-21,27,39H,1,6,9-10,14,17H2,2-4H3/b18-12+. The van der Waals surface area contributed by atoms with Crippen molar-refractivity contribution in [1.29, 1.82) is 0 Å². The van der Waals surface area contributed by atoms with Crippen LogP contribution in [0, 0.1) is 6.92 Å². The van der Waals surface area contributed by atoms with E-state index in [9.17, 15) is 5.11 Å². The molecule has 0 spiro atoms. The molecule has 0 amide bonds. The van der Waals surface area contributed by atoms with E-state index < -0.39 is 0 Å². The van der Waals surface area contributed by atoms with Gasteiger partial charge in [-0.05, 0) is 96.8 Å². The molecule has 40 heavy (non-hydrogen) atoms. The van der Waals surface area contributed by atoms with Gasteiger partial charge in [0.05, 0.1) is 17.5 Å². The highest BCUT2D eigenvalue weighted by Gasteiger charge is 2.21. The average molecular weight is 530 g/mol. The number of nitrogens with zero attached hydrogens (tertiary/aromatic N) is 3. The Labute approximate surface area is 235 Å². The number of fused-ring (bicyclic) bond motifs is 3. The van der Waals surface area contributed by atoms with Gasteiger partial charge in [-0.2, -0.15) is 10.2 Å². The summed E-state index contributed by atoms with van der Waals surface area (Å²) < 4.78 is 6.39. The number of hydrogen-bond donors (Lipinski definition) is 1. The second kappa shape index (κ2) is 10.7. The molecular weight excluding hydrogens is 494 g/mol. The number of aliphatic hydroxyl groups excluding tert-OH is 1. The van der Waals surface area contributed by atoms with Crippen molar-refractivity contribution in [2.24, 2.45) is 0 Å². The monoisotopic (exact) mass is 529 g/mol. The first-order valence-electron chi connectivity index (χ1n) is 14.0. The maximum Gasteiger partial charge on any atom is 0.137 e. The topological polar surface area (TPSA) is 58.5 Å². The van der Waals surface area contributed by atoms with Crippen molar-refractivity contribution in [3.05, 3.63) is 110 Å². The Morgan fingerprint density at radius 3 is 2.65 bits per heavy atom. The van der Waals surface area contributed by atoms with Gasteiger partial charge in [-0.15, -0.1) is 0 Å². The van der Waals surface area contributed by atoms with E-state index in [1.165, 1.54) is 11.1 Å². The summed E-state index contributed by atoms with van der Waals surface area (Å²) in [5.74, 6) is 1.67. The molecule has 1 unspecified atom stereocenters. The highest BCUT2D eigenvalue weighted by molar-refractivity contribution is 5.87. The number of hydrogen-bond acceptors (Lipinski definition) is 5. The minimum absolute atomic E-state index is 0.245. The summed E-state index contributed by atoms with van der Waals surface area (Å²) in [7, 11) is 4.07. The van der Waals surface area contributed by atoms with E-state index in [4.69, 9.17) is 4.74 Å². The van der Waals surface area contributed by atoms with Crippen molar-refractivity contribution >= 4 is 30.0 Å². The molecule has 0 bridgehead atoms. The first-order chi connectivity index (χ1) is 19.4. The van der Waals surface area contributed by atoms with Crippen LogP contribution in [-0.2, 0) is 12.8 Å². The number of benzene rings is 3. The first kappa shape index (κ1) is 26.0. The van der Waals surface area contributed by atoms with Crippen LogP contribution in [-0.4, -0.2) is 35.5 Å². The largest absolute Gasteiger partial charge is 0.456 e. The van der Waals surface area contributed by atoms with Crippen LogP contribution in [0.3, 0.4) is 0 Å². The molecule has 0 saturated carbocycles. The Kier molecular flexibility index (Phi) is 6.99. The highest BCUT2D eigenvalue weighted by atomic mass is 16.5. The third kappa shape index (κ3) is 5.05. The van der Waals surface area contributed by atoms with Crippen molar-refractivity contribution in [3.8, 4) is 11.5 Å². The lowest BCUT2D eigenvalue weighted by atomic mass is 9.90. The zero-order valence-electron chi connectivity index (χ0n) is 23.4. The summed E-state index contributed by atoms with van der Waals surface area (Å²) in [5.41, 5.74) is 9.92. The molecule has 1 N–H and O–H groups in total. The second-order valence-electron chi connectivity index (χ2n) is 11.1. The minimum atomic E-state index is -0.245. The van der Waals surface area contributed by atoms with Crippen LogP contribution >= 0.6 is 0 Å². The van der Waals surface area contributed by atoms with Crippen molar-refractivity contribution in [3.63, 3.8) is 0 Å². The van der Waals surface area contributed by atoms with Gasteiger partial charge in [0, 0.05) is 42.2 Å². The van der Waals surface area contributed by atoms with Crippen molar-refractivity contribution in [2.75, 3.05) is 19.0 Å². The molecule has 4 aromatic rings. The molecule has 1 aromatic heterocycles. The van der Waals surface area contributed by atoms with Crippen LogP contribution in [0.2, 0.25) is 0 Å². The van der Waals surface area contributed by atoms with Crippen LogP contribution in [0.5, 0.6) is 11.5 Å². The Bertz CT molecular complexity index is 1740. The predicted molar refractivity (Wildman–Crippen MR) is 163 cm³/mol. The van der Waals surface area contributed by atoms with Gasteiger partial charge in [0.1, 0.15) is 11.5 Å². The van der Waals surface area contributed by atoms with Crippen LogP contribution < -0.4 is 20.1 Å². The van der Waals surface area contributed by atoms with E-state index >= 15 is 0 Å². The fourth-order valence-electron chi connectivity index (χ4n) is 5.82. The fraction of sp³-hybridized carbons (Fsp3) is 0.257. The molecule has 2 aliphatic rings. The number of aryl methyl sites for hydroxylation is 1. The van der Waals surface area contributed by atoms with E-state index in [-0.39, 0.29) is 6.10 Å². The molecule has 1 aliphatic heterocycles. The smallest absolute Gasteiger partial charge is 0.137 e. The summed E-state index contributed by atoms with van der Waals surface area (Å²) in [6.45, 7) is 6.16. The third-order valence-corrected chi connectivity index (χ3v) is 8.00. The van der Waals surface area contributed by atoms with Gasteiger partial charge in [0.25, 0.3) is 0 Å². The summed E-state index contributed by atoms with van der Waals surface area (Å²) in [6.07, 6.45) is 8.30. The average Bonchev–Trinajstić information content (AvgIpc) is 2.93. The summed E-state index contributed by atoms with van der Waals surface area (Å²) in [4.78, 5) is 2.08. The lowest BCUT2D eigenvalue weighted by molar-refractivity contribution is 0.150. The van der Waals surface area contributed by atoms with Crippen LogP contribution in [0.25, 0.3) is 24.3 Å². The summed E-state index contributed by atoms with van der Waals surface area (Å²) >= 11 is 0. The Hall–Kier alpha value is -4.22. The Balaban J connectivity index is 1.42. The molecule has 1 atom stereocenters. The molecule has 3 aromatic carbocycles. The lowest BCUT2D eigenvalue weighted by Crippen LogP contribution is -2.20. The molecule has 5 nitrogen and oxygen atoms in total. The fourth-order valence-corrected chi connectivity index (χ4v) is 5.82. The quantitative estimate of drug-likeness (QED) is 0.337. The first-order valence-corrected chi connectivity index (χ1v) is 14.0. The number of rotatable bonds is 4. The normalized spacial score (nSPS) is 16.4. The second-order valence-corrected chi connectivity index (χ2v) is 11.1. The van der Waals surface area contributed by atoms with Gasteiger partial charge in [0.2, 0.25) is 0 Å². The van der Waals surface area contributed by atoms with Crippen molar-refractivity contribution < 1.29 is 9.84 Å².